The van der Waals surface area contributed by atoms with E-state index in [2.05, 4.69) is 47.4 Å². The van der Waals surface area contributed by atoms with Crippen molar-refractivity contribution >= 4 is 23.2 Å². The van der Waals surface area contributed by atoms with Crippen molar-refractivity contribution < 1.29 is 4.79 Å². The molecule has 1 heterocycles. The summed E-state index contributed by atoms with van der Waals surface area (Å²) in [6.07, 6.45) is 2.92. The summed E-state index contributed by atoms with van der Waals surface area (Å²) in [6.45, 7) is 6.43. The van der Waals surface area contributed by atoms with Crippen LogP contribution in [0.5, 0.6) is 0 Å². The Morgan fingerprint density at radius 1 is 1.00 bits per heavy atom. The molecular formula is C22H21N5O. The Morgan fingerprint density at radius 2 is 1.68 bits per heavy atom. The number of anilines is 3. The molecule has 6 nitrogen and oxygen atoms in total. The van der Waals surface area contributed by atoms with Crippen LogP contribution in [0.3, 0.4) is 0 Å². The molecule has 6 heteroatoms. The topological polar surface area (TPSA) is 90.7 Å². The zero-order valence-corrected chi connectivity index (χ0v) is 16.0. The maximum Gasteiger partial charge on any atom is 0.258 e. The van der Waals surface area contributed by atoms with Gasteiger partial charge in [-0.15, -0.1) is 0 Å². The summed E-state index contributed by atoms with van der Waals surface area (Å²) in [5, 5.41) is 14.8. The predicted octanol–water partition coefficient (Wildman–Crippen LogP) is 4.64. The molecule has 0 bridgehead atoms. The molecule has 1 amide bonds. The summed E-state index contributed by atoms with van der Waals surface area (Å²) in [7, 11) is 0. The van der Waals surface area contributed by atoms with Crippen molar-refractivity contribution in [2.45, 2.75) is 26.2 Å². The number of carbonyl (C=O) groups excluding carboxylic acids is 1. The van der Waals surface area contributed by atoms with Gasteiger partial charge in [-0.05, 0) is 41.3 Å². The van der Waals surface area contributed by atoms with E-state index in [1.165, 1.54) is 18.0 Å². The van der Waals surface area contributed by atoms with Crippen molar-refractivity contribution in [2.24, 2.45) is 0 Å². The zero-order chi connectivity index (χ0) is 20.1. The summed E-state index contributed by atoms with van der Waals surface area (Å²) in [5.41, 5.74) is 3.58. The van der Waals surface area contributed by atoms with Crippen molar-refractivity contribution in [2.75, 3.05) is 10.6 Å². The molecule has 0 unspecified atom stereocenters. The minimum atomic E-state index is -0.276. The van der Waals surface area contributed by atoms with Crippen LogP contribution < -0.4 is 10.6 Å². The van der Waals surface area contributed by atoms with Crippen LogP contribution in [0.2, 0.25) is 0 Å². The highest BCUT2D eigenvalue weighted by molar-refractivity contribution is 6.03. The van der Waals surface area contributed by atoms with Gasteiger partial charge < -0.3 is 10.6 Å². The van der Waals surface area contributed by atoms with E-state index in [1.54, 1.807) is 18.2 Å². The highest BCUT2D eigenvalue weighted by Crippen LogP contribution is 2.23. The van der Waals surface area contributed by atoms with Gasteiger partial charge in [0.2, 0.25) is 5.95 Å². The van der Waals surface area contributed by atoms with Gasteiger partial charge in [0.1, 0.15) is 0 Å². The average molecular weight is 371 g/mol. The van der Waals surface area contributed by atoms with Gasteiger partial charge in [0, 0.05) is 23.8 Å². The van der Waals surface area contributed by atoms with Crippen LogP contribution in [0.4, 0.5) is 17.3 Å². The van der Waals surface area contributed by atoms with Crippen LogP contribution in [0.1, 0.15) is 42.3 Å². The van der Waals surface area contributed by atoms with Crippen molar-refractivity contribution in [3.05, 3.63) is 77.6 Å². The smallest absolute Gasteiger partial charge is 0.258 e. The van der Waals surface area contributed by atoms with E-state index < -0.39 is 0 Å². The first-order valence-electron chi connectivity index (χ1n) is 8.86. The third kappa shape index (κ3) is 4.71. The lowest BCUT2D eigenvalue weighted by Crippen LogP contribution is -2.14. The summed E-state index contributed by atoms with van der Waals surface area (Å²) in [5.74, 6) is 0.0720. The lowest BCUT2D eigenvalue weighted by atomic mass is 9.87. The Balaban J connectivity index is 1.66. The molecule has 0 saturated heterocycles. The molecule has 0 atom stereocenters. The molecule has 0 aliphatic carbocycles. The summed E-state index contributed by atoms with van der Waals surface area (Å²) in [4.78, 5) is 20.7. The Kier molecular flexibility index (Phi) is 5.37. The van der Waals surface area contributed by atoms with Crippen LogP contribution in [0.25, 0.3) is 0 Å². The second-order valence-corrected chi connectivity index (χ2v) is 7.39. The van der Waals surface area contributed by atoms with E-state index in [0.717, 1.165) is 0 Å². The Morgan fingerprint density at radius 3 is 2.29 bits per heavy atom. The maximum absolute atomic E-state index is 12.4. The molecule has 28 heavy (non-hydrogen) atoms. The van der Waals surface area contributed by atoms with Gasteiger partial charge in [-0.1, -0.05) is 39.0 Å². The number of carbonyl (C=O) groups is 1. The number of aromatic nitrogens is 2. The third-order valence-corrected chi connectivity index (χ3v) is 4.17. The number of nitrogens with zero attached hydrogens (tertiary/aromatic N) is 3. The van der Waals surface area contributed by atoms with Crippen molar-refractivity contribution in [1.29, 1.82) is 5.26 Å². The van der Waals surface area contributed by atoms with Gasteiger partial charge in [0.05, 0.1) is 17.2 Å². The molecule has 2 N–H and O–H groups in total. The Hall–Kier alpha value is -3.72. The van der Waals surface area contributed by atoms with E-state index >= 15 is 0 Å². The lowest BCUT2D eigenvalue weighted by molar-refractivity contribution is 0.102. The number of nitriles is 1. The van der Waals surface area contributed by atoms with E-state index in [9.17, 15) is 4.79 Å². The second-order valence-electron chi connectivity index (χ2n) is 7.39. The predicted molar refractivity (Wildman–Crippen MR) is 110 cm³/mol. The molecule has 0 aliphatic rings. The molecule has 0 spiro atoms. The monoisotopic (exact) mass is 371 g/mol. The zero-order valence-electron chi connectivity index (χ0n) is 16.0. The molecule has 0 aliphatic heterocycles. The normalized spacial score (nSPS) is 10.8. The summed E-state index contributed by atoms with van der Waals surface area (Å²) >= 11 is 0. The standard InChI is InChI=1S/C22H21N5O/c1-22(2,3)17-7-9-18(10-8-17)26-20(28)16-13-24-21(25-14-16)27-19-6-4-5-15(11-19)12-23/h4-11,13-14H,1-3H3,(H,26,28)(H,24,25,27). The van der Waals surface area contributed by atoms with Crippen molar-refractivity contribution in [3.63, 3.8) is 0 Å². The molecule has 2 aromatic carbocycles. The van der Waals surface area contributed by atoms with E-state index in [4.69, 9.17) is 5.26 Å². The molecule has 1 aromatic heterocycles. The lowest BCUT2D eigenvalue weighted by Gasteiger charge is -2.19. The van der Waals surface area contributed by atoms with Gasteiger partial charge in [0.25, 0.3) is 5.91 Å². The number of rotatable bonds is 4. The SMILES string of the molecule is CC(C)(C)c1ccc(NC(=O)c2cnc(Nc3cccc(C#N)c3)nc2)cc1. The highest BCUT2D eigenvalue weighted by Gasteiger charge is 2.14. The van der Waals surface area contributed by atoms with E-state index in [-0.39, 0.29) is 11.3 Å². The van der Waals surface area contributed by atoms with Gasteiger partial charge in [-0.2, -0.15) is 5.26 Å². The number of hydrogen-bond donors (Lipinski definition) is 2. The molecule has 3 aromatic rings. The molecule has 0 radical (unpaired) electrons. The summed E-state index contributed by atoms with van der Waals surface area (Å²) < 4.78 is 0. The second kappa shape index (κ2) is 7.89. The van der Waals surface area contributed by atoms with Gasteiger partial charge in [-0.25, -0.2) is 9.97 Å². The number of amides is 1. The van der Waals surface area contributed by atoms with Gasteiger partial charge in [0.15, 0.2) is 0 Å². The molecule has 140 valence electrons. The van der Waals surface area contributed by atoms with E-state index in [1.807, 2.05) is 30.3 Å². The minimum Gasteiger partial charge on any atom is -0.324 e. The number of benzene rings is 2. The molecule has 0 saturated carbocycles. The average Bonchev–Trinajstić information content (AvgIpc) is 2.68. The van der Waals surface area contributed by atoms with E-state index in [0.29, 0.717) is 28.5 Å². The summed E-state index contributed by atoms with van der Waals surface area (Å²) in [6, 6.07) is 16.9. The first-order valence-corrected chi connectivity index (χ1v) is 8.86. The van der Waals surface area contributed by atoms with Crippen LogP contribution in [-0.2, 0) is 5.41 Å². The van der Waals surface area contributed by atoms with Crippen LogP contribution >= 0.6 is 0 Å². The first kappa shape index (κ1) is 19.1. The Labute approximate surface area is 164 Å². The fraction of sp³-hybridized carbons (Fsp3) is 0.182. The Bertz CT molecular complexity index is 1010. The molecule has 0 fully saturated rings. The highest BCUT2D eigenvalue weighted by atomic mass is 16.1. The quantitative estimate of drug-likeness (QED) is 0.697. The fourth-order valence-electron chi connectivity index (χ4n) is 2.56. The molecular weight excluding hydrogens is 350 g/mol. The van der Waals surface area contributed by atoms with Crippen molar-refractivity contribution in [3.8, 4) is 6.07 Å². The fourth-order valence-corrected chi connectivity index (χ4v) is 2.56. The number of nitrogens with one attached hydrogen (secondary N) is 2. The van der Waals surface area contributed by atoms with Crippen LogP contribution in [0, 0.1) is 11.3 Å². The van der Waals surface area contributed by atoms with Gasteiger partial charge >= 0.3 is 0 Å². The van der Waals surface area contributed by atoms with Crippen LogP contribution in [-0.4, -0.2) is 15.9 Å². The first-order chi connectivity index (χ1) is 13.3. The maximum atomic E-state index is 12.4. The van der Waals surface area contributed by atoms with Crippen molar-refractivity contribution in [1.82, 2.24) is 9.97 Å². The van der Waals surface area contributed by atoms with Gasteiger partial charge in [-0.3, -0.25) is 4.79 Å². The largest absolute Gasteiger partial charge is 0.324 e. The number of hydrogen-bond acceptors (Lipinski definition) is 5. The minimum absolute atomic E-state index is 0.0615. The molecule has 3 rings (SSSR count). The third-order valence-electron chi connectivity index (χ3n) is 4.17. The van der Waals surface area contributed by atoms with Crippen LogP contribution in [0.15, 0.2) is 60.9 Å².